The van der Waals surface area contributed by atoms with E-state index in [0.717, 1.165) is 35.6 Å². The molecule has 3 aromatic carbocycles. The van der Waals surface area contributed by atoms with Crippen molar-refractivity contribution in [1.29, 1.82) is 0 Å². The van der Waals surface area contributed by atoms with Gasteiger partial charge in [0, 0.05) is 19.3 Å². The molecule has 0 bridgehead atoms. The molecule has 0 fully saturated rings. The zero-order chi connectivity index (χ0) is 23.0. The van der Waals surface area contributed by atoms with Gasteiger partial charge >= 0.3 is 5.97 Å². The van der Waals surface area contributed by atoms with Crippen LogP contribution in [-0.4, -0.2) is 25.8 Å². The minimum absolute atomic E-state index is 0.294. The molecular weight excluding hydrogens is 410 g/mol. The average Bonchev–Trinajstić information content (AvgIpc) is 3.24. The Morgan fingerprint density at radius 1 is 0.909 bits per heavy atom. The molecule has 5 nitrogen and oxygen atoms in total. The molecular formula is C28H25N3O2. The first-order valence-electron chi connectivity index (χ1n) is 11.0. The highest BCUT2D eigenvalue weighted by atomic mass is 16.4. The van der Waals surface area contributed by atoms with E-state index in [4.69, 9.17) is 16.5 Å². The fraction of sp³-hybridized carbons (Fsp3) is 0.179. The Morgan fingerprint density at radius 3 is 2.36 bits per heavy atom. The zero-order valence-corrected chi connectivity index (χ0v) is 18.3. The molecule has 5 heteroatoms. The number of carboxylic acid groups (broad SMARTS) is 1. The van der Waals surface area contributed by atoms with Gasteiger partial charge < -0.3 is 5.11 Å². The second kappa shape index (κ2) is 10.4. The molecule has 0 saturated heterocycles. The van der Waals surface area contributed by atoms with Crippen LogP contribution >= 0.6 is 0 Å². The first kappa shape index (κ1) is 22.0. The standard InChI is InChI=1S/C28H25N3O2/c1-2-3-19-31-27(29-26(30-31)18-15-21-9-5-4-6-10-21)20-22-13-16-23(17-14-22)24-11-7-8-12-25(24)28(32)33/h1,4-14,16-17H,3,15,18-20H2,(H,32,33). The first-order valence-corrected chi connectivity index (χ1v) is 11.0. The van der Waals surface area contributed by atoms with Gasteiger partial charge in [0.15, 0.2) is 5.82 Å². The summed E-state index contributed by atoms with van der Waals surface area (Å²) in [5, 5.41) is 14.2. The van der Waals surface area contributed by atoms with Crippen LogP contribution in [0.3, 0.4) is 0 Å². The lowest BCUT2D eigenvalue weighted by Gasteiger charge is -2.08. The van der Waals surface area contributed by atoms with E-state index in [0.29, 0.717) is 30.5 Å². The van der Waals surface area contributed by atoms with E-state index in [1.165, 1.54) is 5.56 Å². The van der Waals surface area contributed by atoms with Gasteiger partial charge in [-0.15, -0.1) is 12.3 Å². The Labute approximate surface area is 193 Å². The van der Waals surface area contributed by atoms with Crippen LogP contribution in [0.4, 0.5) is 0 Å². The highest BCUT2D eigenvalue weighted by molar-refractivity contribution is 5.95. The summed E-state index contributed by atoms with van der Waals surface area (Å²) in [5.74, 6) is 3.45. The number of aromatic carboxylic acids is 1. The Balaban J connectivity index is 1.52. The number of aromatic nitrogens is 3. The second-order valence-electron chi connectivity index (χ2n) is 7.83. The molecule has 164 valence electrons. The van der Waals surface area contributed by atoms with Crippen molar-refractivity contribution in [2.24, 2.45) is 0 Å². The monoisotopic (exact) mass is 435 g/mol. The van der Waals surface area contributed by atoms with Gasteiger partial charge in [0.1, 0.15) is 5.82 Å². The summed E-state index contributed by atoms with van der Waals surface area (Å²) in [7, 11) is 0. The van der Waals surface area contributed by atoms with Crippen LogP contribution in [0.5, 0.6) is 0 Å². The molecule has 0 spiro atoms. The molecule has 0 atom stereocenters. The predicted molar refractivity (Wildman–Crippen MR) is 129 cm³/mol. The topological polar surface area (TPSA) is 68.0 Å². The van der Waals surface area contributed by atoms with E-state index >= 15 is 0 Å². The van der Waals surface area contributed by atoms with Crippen molar-refractivity contribution in [3.8, 4) is 23.5 Å². The van der Waals surface area contributed by atoms with Crippen molar-refractivity contribution in [2.75, 3.05) is 0 Å². The number of hydrogen-bond donors (Lipinski definition) is 1. The normalized spacial score (nSPS) is 10.6. The highest BCUT2D eigenvalue weighted by Gasteiger charge is 2.13. The highest BCUT2D eigenvalue weighted by Crippen LogP contribution is 2.24. The first-order chi connectivity index (χ1) is 16.1. The third-order valence-electron chi connectivity index (χ3n) is 5.52. The van der Waals surface area contributed by atoms with E-state index in [9.17, 15) is 9.90 Å². The maximum atomic E-state index is 11.5. The second-order valence-corrected chi connectivity index (χ2v) is 7.83. The average molecular weight is 436 g/mol. The van der Waals surface area contributed by atoms with Gasteiger partial charge in [-0.3, -0.25) is 0 Å². The van der Waals surface area contributed by atoms with Crippen LogP contribution in [0.2, 0.25) is 0 Å². The summed E-state index contributed by atoms with van der Waals surface area (Å²) >= 11 is 0. The van der Waals surface area contributed by atoms with Crippen molar-refractivity contribution >= 4 is 5.97 Å². The maximum Gasteiger partial charge on any atom is 0.336 e. The fourth-order valence-electron chi connectivity index (χ4n) is 3.82. The van der Waals surface area contributed by atoms with Crippen molar-refractivity contribution in [3.63, 3.8) is 0 Å². The third-order valence-corrected chi connectivity index (χ3v) is 5.52. The number of aryl methyl sites for hydroxylation is 3. The third kappa shape index (κ3) is 5.55. The molecule has 0 amide bonds. The number of terminal acetylenes is 1. The predicted octanol–water partition coefficient (Wildman–Crippen LogP) is 5.04. The molecule has 0 aliphatic rings. The summed E-state index contributed by atoms with van der Waals surface area (Å²) in [6, 6.07) is 25.3. The van der Waals surface area contributed by atoms with Crippen molar-refractivity contribution in [2.45, 2.75) is 32.2 Å². The minimum atomic E-state index is -0.931. The van der Waals surface area contributed by atoms with E-state index in [2.05, 4.69) is 18.1 Å². The van der Waals surface area contributed by atoms with Gasteiger partial charge in [-0.1, -0.05) is 72.8 Å². The van der Waals surface area contributed by atoms with Crippen molar-refractivity contribution in [3.05, 3.63) is 107 Å². The molecule has 0 unspecified atom stereocenters. The van der Waals surface area contributed by atoms with Crippen LogP contribution in [0.15, 0.2) is 78.9 Å². The van der Waals surface area contributed by atoms with E-state index in [1.54, 1.807) is 12.1 Å². The molecule has 4 aromatic rings. The molecule has 0 aliphatic carbocycles. The summed E-state index contributed by atoms with van der Waals surface area (Å²) in [6.45, 7) is 0.633. The molecule has 1 heterocycles. The van der Waals surface area contributed by atoms with Crippen molar-refractivity contribution < 1.29 is 9.90 Å². The lowest BCUT2D eigenvalue weighted by atomic mass is 9.98. The number of hydrogen-bond acceptors (Lipinski definition) is 3. The molecule has 33 heavy (non-hydrogen) atoms. The minimum Gasteiger partial charge on any atom is -0.478 e. The number of carbonyl (C=O) groups is 1. The lowest BCUT2D eigenvalue weighted by Crippen LogP contribution is -2.06. The zero-order valence-electron chi connectivity index (χ0n) is 18.3. The van der Waals surface area contributed by atoms with Crippen LogP contribution in [0.25, 0.3) is 11.1 Å². The largest absolute Gasteiger partial charge is 0.478 e. The smallest absolute Gasteiger partial charge is 0.336 e. The lowest BCUT2D eigenvalue weighted by molar-refractivity contribution is 0.0697. The summed E-state index contributed by atoms with van der Waals surface area (Å²) in [6.07, 6.45) is 8.35. The maximum absolute atomic E-state index is 11.5. The fourth-order valence-corrected chi connectivity index (χ4v) is 3.82. The van der Waals surface area contributed by atoms with Gasteiger partial charge in [0.2, 0.25) is 0 Å². The molecule has 1 N–H and O–H groups in total. The molecule has 0 saturated carbocycles. The Morgan fingerprint density at radius 2 is 1.64 bits per heavy atom. The van der Waals surface area contributed by atoms with Gasteiger partial charge in [0.25, 0.3) is 0 Å². The molecule has 0 radical (unpaired) electrons. The van der Waals surface area contributed by atoms with E-state index in [-0.39, 0.29) is 0 Å². The van der Waals surface area contributed by atoms with Crippen LogP contribution in [0.1, 0.15) is 39.6 Å². The van der Waals surface area contributed by atoms with Gasteiger partial charge in [-0.05, 0) is 34.7 Å². The number of carboxylic acids is 1. The molecule has 1 aromatic heterocycles. The Bertz CT molecular complexity index is 1270. The van der Waals surface area contributed by atoms with E-state index < -0.39 is 5.97 Å². The quantitative estimate of drug-likeness (QED) is 0.374. The summed E-state index contributed by atoms with van der Waals surface area (Å²) in [5.41, 5.74) is 4.21. The Kier molecular flexibility index (Phi) is 6.96. The van der Waals surface area contributed by atoms with Gasteiger partial charge in [-0.25, -0.2) is 14.5 Å². The number of rotatable bonds is 9. The van der Waals surface area contributed by atoms with Gasteiger partial charge in [-0.2, -0.15) is 5.10 Å². The number of benzene rings is 3. The summed E-state index contributed by atoms with van der Waals surface area (Å²) < 4.78 is 1.91. The van der Waals surface area contributed by atoms with Crippen LogP contribution in [-0.2, 0) is 25.8 Å². The van der Waals surface area contributed by atoms with Crippen LogP contribution < -0.4 is 0 Å². The number of nitrogens with zero attached hydrogens (tertiary/aromatic N) is 3. The van der Waals surface area contributed by atoms with Gasteiger partial charge in [0.05, 0.1) is 12.1 Å². The SMILES string of the molecule is C#CCCn1nc(CCc2ccccc2)nc1Cc1ccc(-c2ccccc2C(=O)O)cc1. The Hall–Kier alpha value is -4.17. The van der Waals surface area contributed by atoms with E-state index in [1.807, 2.05) is 59.3 Å². The molecule has 4 rings (SSSR count). The van der Waals surface area contributed by atoms with Crippen LogP contribution in [0, 0.1) is 12.3 Å². The molecule has 0 aliphatic heterocycles. The summed E-state index contributed by atoms with van der Waals surface area (Å²) in [4.78, 5) is 16.3. The van der Waals surface area contributed by atoms with Crippen molar-refractivity contribution in [1.82, 2.24) is 14.8 Å².